The Morgan fingerprint density at radius 2 is 2.15 bits per heavy atom. The van der Waals surface area contributed by atoms with Crippen LogP contribution in [0.25, 0.3) is 0 Å². The van der Waals surface area contributed by atoms with Crippen molar-refractivity contribution >= 4 is 5.82 Å². The third-order valence-electron chi connectivity index (χ3n) is 3.33. The molecule has 1 aromatic carbocycles. The number of nitrogens with zero attached hydrogens (tertiary/aromatic N) is 1. The number of aromatic amines is 1. The maximum atomic E-state index is 13.6. The highest BCUT2D eigenvalue weighted by Gasteiger charge is 2.16. The van der Waals surface area contributed by atoms with Crippen LogP contribution in [0.2, 0.25) is 0 Å². The molecule has 20 heavy (non-hydrogen) atoms. The summed E-state index contributed by atoms with van der Waals surface area (Å²) in [6.07, 6.45) is 1.70. The number of aromatic nitrogens is 2. The van der Waals surface area contributed by atoms with Gasteiger partial charge in [0.1, 0.15) is 23.3 Å². The number of rotatable bonds is 2. The van der Waals surface area contributed by atoms with E-state index in [1.165, 1.54) is 12.1 Å². The molecule has 0 radical (unpaired) electrons. The average molecular weight is 277 g/mol. The van der Waals surface area contributed by atoms with Crippen LogP contribution >= 0.6 is 0 Å². The van der Waals surface area contributed by atoms with Crippen LogP contribution in [-0.4, -0.2) is 16.5 Å². The van der Waals surface area contributed by atoms with Crippen molar-refractivity contribution in [2.75, 3.05) is 11.9 Å². The lowest BCUT2D eigenvalue weighted by atomic mass is 10.1. The van der Waals surface area contributed by atoms with Gasteiger partial charge in [0.25, 0.3) is 5.56 Å². The van der Waals surface area contributed by atoms with Gasteiger partial charge in [0.2, 0.25) is 0 Å². The van der Waals surface area contributed by atoms with E-state index in [1.807, 2.05) is 0 Å². The van der Waals surface area contributed by atoms with Gasteiger partial charge in [-0.05, 0) is 24.5 Å². The molecular weight excluding hydrogens is 264 g/mol. The molecule has 2 aromatic rings. The summed E-state index contributed by atoms with van der Waals surface area (Å²) in [5.41, 5.74) is 0.740. The minimum Gasteiger partial charge on any atom is -0.370 e. The third-order valence-corrected chi connectivity index (χ3v) is 3.33. The first kappa shape index (κ1) is 12.8. The van der Waals surface area contributed by atoms with Crippen molar-refractivity contribution in [1.82, 2.24) is 9.97 Å². The van der Waals surface area contributed by atoms with Gasteiger partial charge in [-0.2, -0.15) is 0 Å². The Hall–Kier alpha value is -2.24. The maximum absolute atomic E-state index is 13.6. The van der Waals surface area contributed by atoms with E-state index in [-0.39, 0.29) is 12.0 Å². The molecule has 2 heterocycles. The lowest BCUT2D eigenvalue weighted by Gasteiger charge is -2.16. The molecule has 0 unspecified atom stereocenters. The maximum Gasteiger partial charge on any atom is 0.256 e. The van der Waals surface area contributed by atoms with Crippen molar-refractivity contribution in [1.29, 1.82) is 0 Å². The molecule has 1 aliphatic rings. The molecule has 0 fully saturated rings. The summed E-state index contributed by atoms with van der Waals surface area (Å²) in [6.45, 7) is 0.772. The van der Waals surface area contributed by atoms with Crippen LogP contribution in [0.3, 0.4) is 0 Å². The number of anilines is 1. The second kappa shape index (κ2) is 5.03. The van der Waals surface area contributed by atoms with E-state index >= 15 is 0 Å². The van der Waals surface area contributed by atoms with E-state index in [1.54, 1.807) is 0 Å². The van der Waals surface area contributed by atoms with Crippen molar-refractivity contribution in [3.05, 3.63) is 57.1 Å². The summed E-state index contributed by atoms with van der Waals surface area (Å²) < 4.78 is 26.5. The van der Waals surface area contributed by atoms with Crippen molar-refractivity contribution in [2.24, 2.45) is 0 Å². The number of halogens is 2. The van der Waals surface area contributed by atoms with Crippen LogP contribution in [0, 0.1) is 11.6 Å². The molecule has 0 bridgehead atoms. The van der Waals surface area contributed by atoms with Gasteiger partial charge in [0.15, 0.2) is 0 Å². The molecule has 0 spiro atoms. The average Bonchev–Trinajstić information content (AvgIpc) is 2.42. The minimum atomic E-state index is -0.640. The smallest absolute Gasteiger partial charge is 0.256 e. The molecule has 6 heteroatoms. The summed E-state index contributed by atoms with van der Waals surface area (Å²) in [4.78, 5) is 18.9. The van der Waals surface area contributed by atoms with E-state index in [9.17, 15) is 13.6 Å². The van der Waals surface area contributed by atoms with Crippen LogP contribution in [0.1, 0.15) is 23.4 Å². The van der Waals surface area contributed by atoms with Crippen molar-refractivity contribution in [3.63, 3.8) is 0 Å². The largest absolute Gasteiger partial charge is 0.370 e. The highest BCUT2D eigenvalue weighted by Crippen LogP contribution is 2.17. The first-order chi connectivity index (χ1) is 9.63. The van der Waals surface area contributed by atoms with Gasteiger partial charge in [-0.25, -0.2) is 13.8 Å². The third kappa shape index (κ3) is 2.41. The number of hydrogen-bond donors (Lipinski definition) is 2. The van der Waals surface area contributed by atoms with E-state index < -0.39 is 11.6 Å². The van der Waals surface area contributed by atoms with Gasteiger partial charge in [0.05, 0.1) is 5.56 Å². The molecule has 104 valence electrons. The van der Waals surface area contributed by atoms with Gasteiger partial charge in [-0.3, -0.25) is 4.79 Å². The van der Waals surface area contributed by atoms with E-state index in [0.717, 1.165) is 19.0 Å². The van der Waals surface area contributed by atoms with Gasteiger partial charge in [-0.15, -0.1) is 0 Å². The Bertz CT molecular complexity index is 712. The zero-order valence-electron chi connectivity index (χ0n) is 10.7. The topological polar surface area (TPSA) is 57.8 Å². The molecule has 0 amide bonds. The predicted molar refractivity (Wildman–Crippen MR) is 70.8 cm³/mol. The molecule has 2 N–H and O–H groups in total. The zero-order chi connectivity index (χ0) is 14.1. The van der Waals surface area contributed by atoms with E-state index in [4.69, 9.17) is 0 Å². The van der Waals surface area contributed by atoms with Gasteiger partial charge >= 0.3 is 0 Å². The Morgan fingerprint density at radius 3 is 2.95 bits per heavy atom. The molecule has 0 saturated carbocycles. The van der Waals surface area contributed by atoms with Gasteiger partial charge < -0.3 is 10.3 Å². The number of H-pyrrole nitrogens is 1. The minimum absolute atomic E-state index is 0.121. The number of hydrogen-bond acceptors (Lipinski definition) is 3. The van der Waals surface area contributed by atoms with Crippen LogP contribution in [0.15, 0.2) is 23.0 Å². The predicted octanol–water partition coefficient (Wildman–Crippen LogP) is 2.00. The fourth-order valence-corrected chi connectivity index (χ4v) is 2.32. The number of fused-ring (bicyclic) bond motifs is 1. The molecule has 1 aliphatic heterocycles. The Balaban J connectivity index is 1.95. The SMILES string of the molecule is O=c1[nH]c(Cc2ccc(F)cc2F)nc2c1CCCN2. The second-order valence-corrected chi connectivity index (χ2v) is 4.78. The van der Waals surface area contributed by atoms with Crippen LogP contribution in [0.4, 0.5) is 14.6 Å². The van der Waals surface area contributed by atoms with Crippen LogP contribution < -0.4 is 10.9 Å². The molecule has 0 saturated heterocycles. The van der Waals surface area contributed by atoms with Crippen molar-refractivity contribution < 1.29 is 8.78 Å². The summed E-state index contributed by atoms with van der Waals surface area (Å²) in [6, 6.07) is 3.37. The Kier molecular flexibility index (Phi) is 3.22. The van der Waals surface area contributed by atoms with Crippen molar-refractivity contribution in [2.45, 2.75) is 19.3 Å². The van der Waals surface area contributed by atoms with Gasteiger partial charge in [-0.1, -0.05) is 6.07 Å². The molecule has 0 aliphatic carbocycles. The second-order valence-electron chi connectivity index (χ2n) is 4.78. The monoisotopic (exact) mass is 277 g/mol. The summed E-state index contributed by atoms with van der Waals surface area (Å²) in [5.74, 6) is -0.329. The van der Waals surface area contributed by atoms with Crippen LogP contribution in [-0.2, 0) is 12.8 Å². The molecular formula is C14H13F2N3O. The normalized spacial score (nSPS) is 13.7. The number of benzene rings is 1. The summed E-state index contributed by atoms with van der Waals surface area (Å²) in [5, 5.41) is 3.07. The number of nitrogens with one attached hydrogen (secondary N) is 2. The van der Waals surface area contributed by atoms with E-state index in [2.05, 4.69) is 15.3 Å². The molecule has 4 nitrogen and oxygen atoms in total. The first-order valence-corrected chi connectivity index (χ1v) is 6.43. The highest BCUT2D eigenvalue weighted by atomic mass is 19.1. The Labute approximate surface area is 113 Å². The standard InChI is InChI=1S/C14H13F2N3O/c15-9-4-3-8(11(16)7-9)6-12-18-13-10(14(20)19-12)2-1-5-17-13/h3-4,7H,1-2,5-6H2,(H2,17,18,19,20). The molecule has 1 aromatic heterocycles. The van der Waals surface area contributed by atoms with E-state index in [0.29, 0.717) is 29.2 Å². The van der Waals surface area contributed by atoms with Crippen LogP contribution in [0.5, 0.6) is 0 Å². The highest BCUT2D eigenvalue weighted by molar-refractivity contribution is 5.45. The zero-order valence-corrected chi connectivity index (χ0v) is 10.7. The fourth-order valence-electron chi connectivity index (χ4n) is 2.32. The quantitative estimate of drug-likeness (QED) is 0.882. The Morgan fingerprint density at radius 1 is 1.30 bits per heavy atom. The summed E-state index contributed by atoms with van der Waals surface area (Å²) >= 11 is 0. The summed E-state index contributed by atoms with van der Waals surface area (Å²) in [7, 11) is 0. The lowest BCUT2D eigenvalue weighted by molar-refractivity contribution is 0.573. The first-order valence-electron chi connectivity index (χ1n) is 6.43. The lowest BCUT2D eigenvalue weighted by Crippen LogP contribution is -2.25. The fraction of sp³-hybridized carbons (Fsp3) is 0.286. The van der Waals surface area contributed by atoms with Crippen molar-refractivity contribution in [3.8, 4) is 0 Å². The molecule has 3 rings (SSSR count). The van der Waals surface area contributed by atoms with Gasteiger partial charge in [0, 0.05) is 19.0 Å². The molecule has 0 atom stereocenters.